The maximum Gasteiger partial charge on any atom is 0.236 e. The van der Waals surface area contributed by atoms with E-state index < -0.39 is 0 Å². The largest absolute Gasteiger partial charge is 0.378 e. The Morgan fingerprint density at radius 2 is 2.47 bits per heavy atom. The molecule has 1 aliphatic heterocycles. The molecule has 0 bridgehead atoms. The summed E-state index contributed by atoms with van der Waals surface area (Å²) in [7, 11) is 1.64. The maximum absolute atomic E-state index is 11.7. The Morgan fingerprint density at radius 1 is 1.71 bits per heavy atom. The van der Waals surface area contributed by atoms with Gasteiger partial charge in [0.25, 0.3) is 0 Å². The number of aromatic nitrogens is 2. The van der Waals surface area contributed by atoms with E-state index in [0.717, 1.165) is 11.4 Å². The highest BCUT2D eigenvalue weighted by Crippen LogP contribution is 2.18. The molecule has 0 aliphatic carbocycles. The van der Waals surface area contributed by atoms with Crippen molar-refractivity contribution < 1.29 is 9.53 Å². The molecule has 1 unspecified atom stereocenters. The first-order valence-electron chi connectivity index (χ1n) is 5.69. The molecule has 1 aliphatic rings. The quantitative estimate of drug-likeness (QED) is 0.786. The molecular formula is C11H18N4O2. The van der Waals surface area contributed by atoms with Crippen LogP contribution in [-0.4, -0.2) is 40.3 Å². The Kier molecular flexibility index (Phi) is 3.44. The van der Waals surface area contributed by atoms with E-state index in [2.05, 4.69) is 5.10 Å². The van der Waals surface area contributed by atoms with Gasteiger partial charge in [-0.3, -0.25) is 9.48 Å². The third-order valence-electron chi connectivity index (χ3n) is 3.00. The Labute approximate surface area is 100 Å². The van der Waals surface area contributed by atoms with Crippen LogP contribution in [-0.2, 0) is 29.2 Å². The first kappa shape index (κ1) is 12.1. The first-order valence-corrected chi connectivity index (χ1v) is 5.69. The summed E-state index contributed by atoms with van der Waals surface area (Å²) in [6.45, 7) is 3.86. The van der Waals surface area contributed by atoms with E-state index in [9.17, 15) is 4.79 Å². The van der Waals surface area contributed by atoms with Gasteiger partial charge in [-0.1, -0.05) is 0 Å². The fourth-order valence-corrected chi connectivity index (χ4v) is 2.15. The van der Waals surface area contributed by atoms with Crippen LogP contribution in [0.3, 0.4) is 0 Å². The molecule has 17 heavy (non-hydrogen) atoms. The number of hydrogen-bond acceptors (Lipinski definition) is 4. The van der Waals surface area contributed by atoms with Gasteiger partial charge < -0.3 is 15.4 Å². The summed E-state index contributed by atoms with van der Waals surface area (Å²) in [4.78, 5) is 13.5. The molecular weight excluding hydrogens is 220 g/mol. The van der Waals surface area contributed by atoms with E-state index in [1.165, 1.54) is 0 Å². The van der Waals surface area contributed by atoms with E-state index in [1.807, 2.05) is 17.7 Å². The lowest BCUT2D eigenvalue weighted by Crippen LogP contribution is -2.47. The Balaban J connectivity index is 2.19. The van der Waals surface area contributed by atoms with E-state index in [4.69, 9.17) is 10.5 Å². The van der Waals surface area contributed by atoms with Gasteiger partial charge in [0.2, 0.25) is 5.91 Å². The molecule has 1 amide bonds. The molecule has 2 N–H and O–H groups in total. The summed E-state index contributed by atoms with van der Waals surface area (Å²) in [6.07, 6.45) is 0. The van der Waals surface area contributed by atoms with Crippen molar-refractivity contribution in [3.8, 4) is 0 Å². The molecule has 1 atom stereocenters. The summed E-state index contributed by atoms with van der Waals surface area (Å²) < 4.78 is 7.00. The average Bonchev–Trinajstić information content (AvgIpc) is 2.69. The molecule has 0 fully saturated rings. The van der Waals surface area contributed by atoms with Gasteiger partial charge in [-0.25, -0.2) is 0 Å². The number of hydrogen-bond donors (Lipinski definition) is 1. The highest BCUT2D eigenvalue weighted by Gasteiger charge is 2.27. The fraction of sp³-hybridized carbons (Fsp3) is 0.636. The van der Waals surface area contributed by atoms with Gasteiger partial charge in [0, 0.05) is 13.2 Å². The van der Waals surface area contributed by atoms with Crippen molar-refractivity contribution in [1.29, 1.82) is 0 Å². The third-order valence-corrected chi connectivity index (χ3v) is 3.00. The van der Waals surface area contributed by atoms with E-state index >= 15 is 0 Å². The number of carbonyl (C=O) groups is 1. The van der Waals surface area contributed by atoms with Crippen LogP contribution in [0.25, 0.3) is 0 Å². The molecule has 94 valence electrons. The average molecular weight is 238 g/mol. The Hall–Kier alpha value is -1.40. The van der Waals surface area contributed by atoms with Crippen LogP contribution in [0.4, 0.5) is 0 Å². The predicted molar refractivity (Wildman–Crippen MR) is 62.0 cm³/mol. The molecule has 6 heteroatoms. The third kappa shape index (κ3) is 2.32. The molecule has 0 radical (unpaired) electrons. The van der Waals surface area contributed by atoms with Crippen LogP contribution in [0.15, 0.2) is 6.07 Å². The van der Waals surface area contributed by atoms with Crippen LogP contribution in [0.2, 0.25) is 0 Å². The number of ether oxygens (including phenoxy) is 1. The first-order chi connectivity index (χ1) is 8.15. The number of rotatable bonds is 3. The Bertz CT molecular complexity index is 416. The summed E-state index contributed by atoms with van der Waals surface area (Å²) >= 11 is 0. The van der Waals surface area contributed by atoms with Crippen molar-refractivity contribution in [1.82, 2.24) is 14.7 Å². The monoisotopic (exact) mass is 238 g/mol. The van der Waals surface area contributed by atoms with Gasteiger partial charge in [-0.05, 0) is 13.0 Å². The minimum atomic E-state index is -0.0155. The maximum atomic E-state index is 11.7. The van der Waals surface area contributed by atoms with Gasteiger partial charge >= 0.3 is 0 Å². The predicted octanol–water partition coefficient (Wildman–Crippen LogP) is -0.281. The van der Waals surface area contributed by atoms with Crippen LogP contribution in [0.1, 0.15) is 18.3 Å². The minimum Gasteiger partial charge on any atom is -0.378 e. The lowest BCUT2D eigenvalue weighted by Gasteiger charge is -2.33. The lowest BCUT2D eigenvalue weighted by molar-refractivity contribution is -0.133. The van der Waals surface area contributed by atoms with Crippen molar-refractivity contribution in [3.05, 3.63) is 17.5 Å². The number of nitrogens with two attached hydrogens (primary N) is 1. The van der Waals surface area contributed by atoms with Crippen molar-refractivity contribution >= 4 is 5.91 Å². The van der Waals surface area contributed by atoms with Crippen LogP contribution in [0, 0.1) is 0 Å². The number of fused-ring (bicyclic) bond motifs is 1. The second-order valence-corrected chi connectivity index (χ2v) is 4.32. The van der Waals surface area contributed by atoms with Crippen LogP contribution >= 0.6 is 0 Å². The molecule has 1 aromatic heterocycles. The van der Waals surface area contributed by atoms with E-state index in [0.29, 0.717) is 19.7 Å². The minimum absolute atomic E-state index is 0.0155. The fourth-order valence-electron chi connectivity index (χ4n) is 2.15. The van der Waals surface area contributed by atoms with Crippen molar-refractivity contribution in [3.63, 3.8) is 0 Å². The number of carbonyl (C=O) groups excluding carboxylic acids is 1. The van der Waals surface area contributed by atoms with Crippen LogP contribution < -0.4 is 5.73 Å². The zero-order chi connectivity index (χ0) is 12.4. The molecule has 0 spiro atoms. The topological polar surface area (TPSA) is 73.4 Å². The molecule has 0 saturated heterocycles. The van der Waals surface area contributed by atoms with Crippen LogP contribution in [0.5, 0.6) is 0 Å². The molecule has 0 aromatic carbocycles. The smallest absolute Gasteiger partial charge is 0.236 e. The number of methoxy groups -OCH3 is 1. The lowest BCUT2D eigenvalue weighted by atomic mass is 10.2. The summed E-state index contributed by atoms with van der Waals surface area (Å²) in [5.74, 6) is -0.0155. The van der Waals surface area contributed by atoms with Gasteiger partial charge in [0.1, 0.15) is 0 Å². The van der Waals surface area contributed by atoms with Gasteiger partial charge in [0.05, 0.1) is 37.6 Å². The number of nitrogens with zero attached hydrogens (tertiary/aromatic N) is 3. The SMILES string of the molecule is COCc1cc2n(n1)CC(C)N(C(=O)CN)C2. The zero-order valence-electron chi connectivity index (χ0n) is 10.2. The second kappa shape index (κ2) is 4.85. The van der Waals surface area contributed by atoms with Crippen molar-refractivity contribution in [2.24, 2.45) is 5.73 Å². The molecule has 2 rings (SSSR count). The van der Waals surface area contributed by atoms with Crippen molar-refractivity contribution in [2.45, 2.75) is 32.7 Å². The second-order valence-electron chi connectivity index (χ2n) is 4.32. The molecule has 6 nitrogen and oxygen atoms in total. The van der Waals surface area contributed by atoms with E-state index in [-0.39, 0.29) is 18.5 Å². The summed E-state index contributed by atoms with van der Waals surface area (Å²) in [6, 6.07) is 2.11. The molecule has 2 heterocycles. The summed E-state index contributed by atoms with van der Waals surface area (Å²) in [5.41, 5.74) is 7.34. The highest BCUT2D eigenvalue weighted by molar-refractivity contribution is 5.78. The number of amides is 1. The van der Waals surface area contributed by atoms with Gasteiger partial charge in [-0.2, -0.15) is 5.10 Å². The van der Waals surface area contributed by atoms with Gasteiger partial charge in [-0.15, -0.1) is 0 Å². The normalized spacial score (nSPS) is 19.2. The summed E-state index contributed by atoms with van der Waals surface area (Å²) in [5, 5.41) is 4.43. The van der Waals surface area contributed by atoms with Gasteiger partial charge in [0.15, 0.2) is 0 Å². The van der Waals surface area contributed by atoms with Crippen molar-refractivity contribution in [2.75, 3.05) is 13.7 Å². The Morgan fingerprint density at radius 3 is 3.12 bits per heavy atom. The standard InChI is InChI=1S/C11H18N4O2/c1-8-5-15-10(3-9(13-15)7-17-2)6-14(8)11(16)4-12/h3,8H,4-7,12H2,1-2H3. The highest BCUT2D eigenvalue weighted by atomic mass is 16.5. The molecule has 0 saturated carbocycles. The van der Waals surface area contributed by atoms with E-state index in [1.54, 1.807) is 12.0 Å². The zero-order valence-corrected chi connectivity index (χ0v) is 10.2. The molecule has 1 aromatic rings.